The van der Waals surface area contributed by atoms with Gasteiger partial charge in [0.2, 0.25) is 0 Å². The van der Waals surface area contributed by atoms with Crippen LogP contribution in [0.4, 0.5) is 0 Å². The van der Waals surface area contributed by atoms with Crippen molar-refractivity contribution in [3.63, 3.8) is 0 Å². The first-order valence-corrected chi connectivity index (χ1v) is 21.3. The van der Waals surface area contributed by atoms with Crippen LogP contribution in [0.1, 0.15) is 0 Å². The number of hydrogen-bond donors (Lipinski definition) is 0. The summed E-state index contributed by atoms with van der Waals surface area (Å²) in [5.74, 6) is 0. The van der Waals surface area contributed by atoms with Gasteiger partial charge in [0.15, 0.2) is 0 Å². The smallest absolute Gasteiger partial charge is 0.228 e. The third kappa shape index (κ3) is 5.88. The Labute approximate surface area is 283 Å². The highest BCUT2D eigenvalue weighted by atomic mass is 28.4. The van der Waals surface area contributed by atoms with Gasteiger partial charge < -0.3 is 0 Å². The Morgan fingerprint density at radius 3 is 0.521 bits per heavy atom. The Bertz CT molecular complexity index is 1780. The first kappa shape index (κ1) is 30.7. The predicted molar refractivity (Wildman–Crippen MR) is 203 cm³/mol. The molecule has 0 fully saturated rings. The molecule has 0 radical (unpaired) electrons. The molecule has 0 atom stereocenters. The second-order valence-electron chi connectivity index (χ2n) is 11.2. The summed E-state index contributed by atoms with van der Waals surface area (Å²) < 4.78 is 31.4. The second kappa shape index (κ2) is 13.8. The average Bonchev–Trinajstić information content (AvgIpc) is 3.17. The standard InChI is InChI=1S/C39H30N6Si3/c1-7-19-34(20-8-1)46(35-21-9-2-10-22-35)40-31-42-47(36-23-11-3-12-24-36,37-25-13-4-14-26-37)44-33-45-48(43-32-41-46,38-27-15-5-16-28-38)39-29-17-6-18-30-39/h1-30H. The van der Waals surface area contributed by atoms with Crippen LogP contribution in [0.3, 0.4) is 0 Å². The van der Waals surface area contributed by atoms with E-state index in [1.807, 2.05) is 109 Å². The summed E-state index contributed by atoms with van der Waals surface area (Å²) in [4.78, 5) is 0. The topological polar surface area (TPSA) is 74.2 Å². The highest BCUT2D eigenvalue weighted by Crippen LogP contribution is 2.14. The van der Waals surface area contributed by atoms with Crippen molar-refractivity contribution in [3.8, 4) is 0 Å². The van der Waals surface area contributed by atoms with Gasteiger partial charge in [-0.3, -0.25) is 0 Å². The molecule has 0 saturated carbocycles. The molecule has 9 heteroatoms. The fourth-order valence-corrected chi connectivity index (χ4v) is 14.0. The average molecular weight is 667 g/mol. The third-order valence-corrected chi connectivity index (χ3v) is 17.7. The molecule has 6 nitrogen and oxygen atoms in total. The van der Waals surface area contributed by atoms with Crippen molar-refractivity contribution < 1.29 is 0 Å². The SMILES string of the molecule is C1=N[Si](c2ccccc2)(c2ccccc2)N=C=N[Si](c2ccccc2)(c2ccccc2)N=C=N[Si](c2ccccc2)(c2ccccc2)N=1. The maximum absolute atomic E-state index is 5.23. The van der Waals surface area contributed by atoms with Gasteiger partial charge in [-0.1, -0.05) is 182 Å². The molecule has 0 aromatic heterocycles. The quantitative estimate of drug-likeness (QED) is 0.238. The molecule has 7 rings (SSSR count). The molecule has 6 aromatic rings. The predicted octanol–water partition coefficient (Wildman–Crippen LogP) is 4.29. The molecule has 228 valence electrons. The largest absolute Gasteiger partial charge is 0.389 e. The van der Waals surface area contributed by atoms with Gasteiger partial charge in [-0.15, -0.1) is 0 Å². The van der Waals surface area contributed by atoms with Crippen molar-refractivity contribution in [2.24, 2.45) is 27.9 Å². The Kier molecular flexibility index (Phi) is 8.87. The molecule has 0 aliphatic carbocycles. The van der Waals surface area contributed by atoms with E-state index in [0.29, 0.717) is 0 Å². The van der Waals surface area contributed by atoms with Crippen LogP contribution >= 0.6 is 0 Å². The Morgan fingerprint density at radius 1 is 0.229 bits per heavy atom. The fraction of sp³-hybridized carbons (Fsp3) is 0. The van der Waals surface area contributed by atoms with Crippen molar-refractivity contribution in [2.75, 3.05) is 0 Å². The summed E-state index contributed by atoms with van der Waals surface area (Å²) in [5.41, 5.74) is 0. The van der Waals surface area contributed by atoms with E-state index in [-0.39, 0.29) is 0 Å². The Morgan fingerprint density at radius 2 is 0.375 bits per heavy atom. The molecule has 1 aliphatic heterocycles. The Hall–Kier alpha value is -5.89. The van der Waals surface area contributed by atoms with E-state index in [0.717, 1.165) is 31.1 Å². The molecule has 6 aromatic carbocycles. The van der Waals surface area contributed by atoms with E-state index in [2.05, 4.69) is 90.8 Å². The van der Waals surface area contributed by atoms with Gasteiger partial charge in [-0.2, -0.15) is 0 Å². The number of nitrogens with zero attached hydrogens (tertiary/aromatic N) is 6. The van der Waals surface area contributed by atoms with Crippen LogP contribution in [-0.4, -0.2) is 43.2 Å². The van der Waals surface area contributed by atoms with Crippen LogP contribution in [0.15, 0.2) is 210 Å². The minimum Gasteiger partial charge on any atom is -0.228 e. The summed E-state index contributed by atoms with van der Waals surface area (Å²) in [7, 11) is -10.1. The van der Waals surface area contributed by atoms with Crippen LogP contribution in [-0.2, 0) is 0 Å². The first-order valence-electron chi connectivity index (χ1n) is 15.6. The molecule has 1 heterocycles. The van der Waals surface area contributed by atoms with E-state index < -0.39 is 25.2 Å². The van der Waals surface area contributed by atoms with E-state index >= 15 is 0 Å². The summed E-state index contributed by atoms with van der Waals surface area (Å²) in [5, 5.41) is 5.77. The molecule has 0 unspecified atom stereocenters. The maximum atomic E-state index is 5.23. The van der Waals surface area contributed by atoms with Crippen molar-refractivity contribution in [1.29, 1.82) is 0 Å². The van der Waals surface area contributed by atoms with Gasteiger partial charge >= 0.3 is 25.2 Å². The lowest BCUT2D eigenvalue weighted by molar-refractivity contribution is 1.48. The van der Waals surface area contributed by atoms with Crippen molar-refractivity contribution in [3.05, 3.63) is 182 Å². The van der Waals surface area contributed by atoms with Crippen LogP contribution in [0.5, 0.6) is 0 Å². The maximum Gasteiger partial charge on any atom is 0.389 e. The van der Waals surface area contributed by atoms with Gasteiger partial charge in [-0.05, 0) is 31.1 Å². The molecule has 0 saturated heterocycles. The number of hydrogen-bond acceptors (Lipinski definition) is 6. The fourth-order valence-electron chi connectivity index (χ4n) is 5.88. The number of rotatable bonds is 6. The van der Waals surface area contributed by atoms with Gasteiger partial charge in [-0.25, -0.2) is 27.9 Å². The Balaban J connectivity index is 1.65. The summed E-state index contributed by atoms with van der Waals surface area (Å²) in [6.07, 6.45) is 0. The summed E-state index contributed by atoms with van der Waals surface area (Å²) >= 11 is 0. The molecule has 0 bridgehead atoms. The molecular weight excluding hydrogens is 637 g/mol. The molecule has 1 aliphatic rings. The van der Waals surface area contributed by atoms with Crippen LogP contribution in [0.25, 0.3) is 0 Å². The highest BCUT2D eigenvalue weighted by Gasteiger charge is 2.43. The second-order valence-corrected chi connectivity index (χ2v) is 20.0. The van der Waals surface area contributed by atoms with Gasteiger partial charge in [0.1, 0.15) is 0 Å². The highest BCUT2D eigenvalue weighted by molar-refractivity contribution is 7.03. The molecule has 0 N–H and O–H groups in total. The zero-order chi connectivity index (χ0) is 32.5. The van der Waals surface area contributed by atoms with E-state index in [1.54, 1.807) is 0 Å². The lowest BCUT2D eigenvalue weighted by Gasteiger charge is -2.24. The zero-order valence-electron chi connectivity index (χ0n) is 26.0. The lowest BCUT2D eigenvalue weighted by Crippen LogP contribution is -2.58. The molecule has 0 amide bonds. The van der Waals surface area contributed by atoms with Crippen molar-refractivity contribution >= 4 is 74.3 Å². The number of benzene rings is 6. The van der Waals surface area contributed by atoms with Crippen molar-refractivity contribution in [1.82, 2.24) is 0 Å². The van der Waals surface area contributed by atoms with Crippen LogP contribution < -0.4 is 31.1 Å². The van der Waals surface area contributed by atoms with Crippen molar-refractivity contribution in [2.45, 2.75) is 0 Å². The van der Waals surface area contributed by atoms with E-state index in [1.165, 1.54) is 0 Å². The molecular formula is C39H30N6Si3. The van der Waals surface area contributed by atoms with Gasteiger partial charge in [0.25, 0.3) is 0 Å². The third-order valence-electron chi connectivity index (χ3n) is 8.33. The molecule has 0 spiro atoms. The zero-order valence-corrected chi connectivity index (χ0v) is 29.0. The molecule has 48 heavy (non-hydrogen) atoms. The minimum atomic E-state index is -3.36. The van der Waals surface area contributed by atoms with E-state index in [4.69, 9.17) is 27.9 Å². The van der Waals surface area contributed by atoms with Gasteiger partial charge in [0.05, 0.1) is 18.0 Å². The van der Waals surface area contributed by atoms with Crippen LogP contribution in [0, 0.1) is 0 Å². The normalized spacial score (nSPS) is 15.8. The van der Waals surface area contributed by atoms with Crippen LogP contribution in [0.2, 0.25) is 0 Å². The summed E-state index contributed by atoms with van der Waals surface area (Å²) in [6.45, 7) is 0. The van der Waals surface area contributed by atoms with E-state index in [9.17, 15) is 0 Å². The lowest BCUT2D eigenvalue weighted by atomic mass is 10.4. The minimum absolute atomic E-state index is 0.962. The van der Waals surface area contributed by atoms with Gasteiger partial charge in [0, 0.05) is 0 Å². The first-order chi connectivity index (χ1) is 23.8. The summed E-state index contributed by atoms with van der Waals surface area (Å²) in [6, 6.07) is 70.5. The monoisotopic (exact) mass is 666 g/mol.